The largest absolute Gasteiger partial charge is 0.383 e. The Balaban J connectivity index is 1.98. The van der Waals surface area contributed by atoms with Crippen LogP contribution in [0.25, 0.3) is 0 Å². The molecule has 0 aliphatic heterocycles. The molecule has 82 valence electrons. The third-order valence-electron chi connectivity index (χ3n) is 3.41. The fraction of sp³-hybridized carbons (Fsp3) is 0.615. The van der Waals surface area contributed by atoms with Crippen LogP contribution in [0.2, 0.25) is 0 Å². The molecule has 0 saturated heterocycles. The molecular formula is C13H20N2. The first kappa shape index (κ1) is 10.5. The zero-order valence-corrected chi connectivity index (χ0v) is 9.28. The molecule has 1 heterocycles. The number of hydrogen-bond acceptors (Lipinski definition) is 2. The summed E-state index contributed by atoms with van der Waals surface area (Å²) in [4.78, 5) is 4.15. The zero-order chi connectivity index (χ0) is 10.5. The maximum absolute atomic E-state index is 5.87. The van der Waals surface area contributed by atoms with E-state index in [2.05, 4.69) is 11.1 Å². The Morgan fingerprint density at radius 3 is 2.60 bits per heavy atom. The highest BCUT2D eigenvalue weighted by Gasteiger charge is 2.13. The van der Waals surface area contributed by atoms with Crippen molar-refractivity contribution in [3.05, 3.63) is 23.9 Å². The summed E-state index contributed by atoms with van der Waals surface area (Å²) in [6, 6.07) is 4.11. The Bertz CT molecular complexity index is 301. The van der Waals surface area contributed by atoms with Gasteiger partial charge in [-0.05, 0) is 24.0 Å². The second kappa shape index (κ2) is 5.15. The number of aromatic nitrogens is 1. The summed E-state index contributed by atoms with van der Waals surface area (Å²) < 4.78 is 0. The molecule has 0 spiro atoms. The van der Waals surface area contributed by atoms with Gasteiger partial charge in [0.1, 0.15) is 5.82 Å². The van der Waals surface area contributed by atoms with Gasteiger partial charge in [-0.25, -0.2) is 4.98 Å². The van der Waals surface area contributed by atoms with E-state index >= 15 is 0 Å². The monoisotopic (exact) mass is 204 g/mol. The molecule has 2 rings (SSSR count). The van der Waals surface area contributed by atoms with Crippen LogP contribution in [0.4, 0.5) is 5.82 Å². The molecule has 0 radical (unpaired) electrons. The van der Waals surface area contributed by atoms with Gasteiger partial charge >= 0.3 is 0 Å². The highest BCUT2D eigenvalue weighted by molar-refractivity contribution is 5.38. The summed E-state index contributed by atoms with van der Waals surface area (Å²) in [5.41, 5.74) is 7.11. The molecule has 0 atom stereocenters. The molecule has 1 saturated carbocycles. The van der Waals surface area contributed by atoms with Crippen molar-refractivity contribution in [1.82, 2.24) is 4.98 Å². The SMILES string of the molecule is Nc1ncccc1CC1CCCCCC1. The van der Waals surface area contributed by atoms with E-state index in [-0.39, 0.29) is 0 Å². The highest BCUT2D eigenvalue weighted by atomic mass is 14.8. The van der Waals surface area contributed by atoms with E-state index in [0.717, 1.165) is 18.2 Å². The summed E-state index contributed by atoms with van der Waals surface area (Å²) in [5, 5.41) is 0. The molecule has 1 aromatic heterocycles. The van der Waals surface area contributed by atoms with Gasteiger partial charge in [-0.2, -0.15) is 0 Å². The fourth-order valence-electron chi connectivity index (χ4n) is 2.50. The quantitative estimate of drug-likeness (QED) is 0.751. The van der Waals surface area contributed by atoms with Crippen molar-refractivity contribution < 1.29 is 0 Å². The third-order valence-corrected chi connectivity index (χ3v) is 3.41. The van der Waals surface area contributed by atoms with Crippen LogP contribution in [0.1, 0.15) is 44.1 Å². The number of pyridine rings is 1. The van der Waals surface area contributed by atoms with Gasteiger partial charge in [0.15, 0.2) is 0 Å². The molecule has 0 bridgehead atoms. The van der Waals surface area contributed by atoms with E-state index in [1.807, 2.05) is 6.07 Å². The number of anilines is 1. The molecule has 15 heavy (non-hydrogen) atoms. The van der Waals surface area contributed by atoms with Crippen LogP contribution in [-0.2, 0) is 6.42 Å². The minimum absolute atomic E-state index is 0.724. The van der Waals surface area contributed by atoms with E-state index in [9.17, 15) is 0 Å². The molecule has 2 N–H and O–H groups in total. The summed E-state index contributed by atoms with van der Waals surface area (Å²) in [5.74, 6) is 1.56. The Kier molecular flexibility index (Phi) is 3.59. The molecule has 1 aliphatic carbocycles. The summed E-state index contributed by atoms with van der Waals surface area (Å²) in [7, 11) is 0. The highest BCUT2D eigenvalue weighted by Crippen LogP contribution is 2.26. The first-order valence-electron chi connectivity index (χ1n) is 6.05. The van der Waals surface area contributed by atoms with Crippen LogP contribution in [0, 0.1) is 5.92 Å². The first-order chi connectivity index (χ1) is 7.36. The van der Waals surface area contributed by atoms with E-state index < -0.39 is 0 Å². The number of nitrogens with zero attached hydrogens (tertiary/aromatic N) is 1. The number of nitrogen functional groups attached to an aromatic ring is 1. The van der Waals surface area contributed by atoms with E-state index in [1.165, 1.54) is 44.1 Å². The van der Waals surface area contributed by atoms with Gasteiger partial charge in [-0.15, -0.1) is 0 Å². The van der Waals surface area contributed by atoms with Crippen LogP contribution in [0.3, 0.4) is 0 Å². The second-order valence-corrected chi connectivity index (χ2v) is 4.61. The summed E-state index contributed by atoms with van der Waals surface area (Å²) >= 11 is 0. The van der Waals surface area contributed by atoms with Gasteiger partial charge in [0.25, 0.3) is 0 Å². The molecule has 2 heteroatoms. The van der Waals surface area contributed by atoms with Crippen molar-refractivity contribution in [2.24, 2.45) is 5.92 Å². The lowest BCUT2D eigenvalue weighted by Gasteiger charge is -2.14. The number of nitrogens with two attached hydrogens (primary N) is 1. The van der Waals surface area contributed by atoms with Gasteiger partial charge in [0.05, 0.1) is 0 Å². The lowest BCUT2D eigenvalue weighted by Crippen LogP contribution is -2.06. The minimum Gasteiger partial charge on any atom is -0.383 e. The average molecular weight is 204 g/mol. The van der Waals surface area contributed by atoms with Crippen LogP contribution >= 0.6 is 0 Å². The standard InChI is InChI=1S/C13H20N2/c14-13-12(8-5-9-15-13)10-11-6-3-1-2-4-7-11/h5,8-9,11H,1-4,6-7,10H2,(H2,14,15). The Morgan fingerprint density at radius 1 is 1.20 bits per heavy atom. The predicted octanol–water partition coefficient (Wildman–Crippen LogP) is 3.18. The maximum Gasteiger partial charge on any atom is 0.126 e. The van der Waals surface area contributed by atoms with Gasteiger partial charge in [0, 0.05) is 6.20 Å². The molecule has 0 amide bonds. The van der Waals surface area contributed by atoms with E-state index in [4.69, 9.17) is 5.73 Å². The van der Waals surface area contributed by atoms with Gasteiger partial charge in [-0.1, -0.05) is 44.6 Å². The molecule has 1 aliphatic rings. The van der Waals surface area contributed by atoms with Crippen molar-refractivity contribution in [2.45, 2.75) is 44.9 Å². The Labute approximate surface area is 91.9 Å². The lowest BCUT2D eigenvalue weighted by molar-refractivity contribution is 0.458. The van der Waals surface area contributed by atoms with Crippen LogP contribution < -0.4 is 5.73 Å². The average Bonchev–Trinajstić information content (AvgIpc) is 2.50. The molecule has 1 fully saturated rings. The lowest BCUT2D eigenvalue weighted by atomic mass is 9.93. The topological polar surface area (TPSA) is 38.9 Å². The van der Waals surface area contributed by atoms with Crippen LogP contribution in [0.5, 0.6) is 0 Å². The Hall–Kier alpha value is -1.05. The molecule has 0 aromatic carbocycles. The molecule has 1 aromatic rings. The van der Waals surface area contributed by atoms with Crippen LogP contribution in [-0.4, -0.2) is 4.98 Å². The minimum atomic E-state index is 0.724. The van der Waals surface area contributed by atoms with Crippen molar-refractivity contribution >= 4 is 5.82 Å². The van der Waals surface area contributed by atoms with Crippen molar-refractivity contribution in [2.75, 3.05) is 5.73 Å². The maximum atomic E-state index is 5.87. The van der Waals surface area contributed by atoms with Crippen molar-refractivity contribution in [3.8, 4) is 0 Å². The first-order valence-corrected chi connectivity index (χ1v) is 6.05. The van der Waals surface area contributed by atoms with Crippen molar-refractivity contribution in [3.63, 3.8) is 0 Å². The number of hydrogen-bond donors (Lipinski definition) is 1. The van der Waals surface area contributed by atoms with E-state index in [0.29, 0.717) is 0 Å². The van der Waals surface area contributed by atoms with Crippen molar-refractivity contribution in [1.29, 1.82) is 0 Å². The second-order valence-electron chi connectivity index (χ2n) is 4.61. The summed E-state index contributed by atoms with van der Waals surface area (Å²) in [6.07, 6.45) is 11.3. The van der Waals surface area contributed by atoms with E-state index in [1.54, 1.807) is 6.20 Å². The third kappa shape index (κ3) is 2.95. The smallest absolute Gasteiger partial charge is 0.126 e. The molecule has 0 unspecified atom stereocenters. The Morgan fingerprint density at radius 2 is 1.93 bits per heavy atom. The molecule has 2 nitrogen and oxygen atoms in total. The fourth-order valence-corrected chi connectivity index (χ4v) is 2.50. The van der Waals surface area contributed by atoms with Crippen LogP contribution in [0.15, 0.2) is 18.3 Å². The molecular weight excluding hydrogens is 184 g/mol. The normalized spacial score (nSPS) is 18.7. The number of rotatable bonds is 2. The van der Waals surface area contributed by atoms with Gasteiger partial charge < -0.3 is 5.73 Å². The van der Waals surface area contributed by atoms with Gasteiger partial charge in [-0.3, -0.25) is 0 Å². The van der Waals surface area contributed by atoms with Gasteiger partial charge in [0.2, 0.25) is 0 Å². The predicted molar refractivity (Wildman–Crippen MR) is 63.5 cm³/mol. The summed E-state index contributed by atoms with van der Waals surface area (Å²) in [6.45, 7) is 0. The zero-order valence-electron chi connectivity index (χ0n) is 9.28.